The minimum Gasteiger partial charge on any atom is -2.00 e. The molecule has 2 aliphatic heterocycles. The van der Waals surface area contributed by atoms with Crippen LogP contribution in [0.4, 0.5) is 45.5 Å². The molecule has 0 saturated heterocycles. The molecule has 2 heterocycles. The van der Waals surface area contributed by atoms with E-state index in [-0.39, 0.29) is 48.1 Å². The number of hydrogen-bond donors (Lipinski definition) is 0. The van der Waals surface area contributed by atoms with Gasteiger partial charge in [-0.3, -0.25) is 20.0 Å². The van der Waals surface area contributed by atoms with Crippen LogP contribution in [-0.4, -0.2) is 36.1 Å². The third kappa shape index (κ3) is 19.4. The number of fused-ring (bicyclic) bond motifs is 4. The van der Waals surface area contributed by atoms with Crippen LogP contribution in [0.15, 0.2) is 164 Å². The fourth-order valence-corrected chi connectivity index (χ4v) is 5.80. The van der Waals surface area contributed by atoms with Gasteiger partial charge in [0.1, 0.15) is 0 Å². The Morgan fingerprint density at radius 3 is 0.738 bits per heavy atom. The van der Waals surface area contributed by atoms with E-state index in [2.05, 4.69) is 0 Å². The van der Waals surface area contributed by atoms with Crippen molar-refractivity contribution in [2.45, 2.75) is 69.2 Å². The molecule has 0 N–H and O–H groups in total. The van der Waals surface area contributed by atoms with Crippen LogP contribution >= 0.6 is 0 Å². The topological polar surface area (TPSA) is 172 Å². The van der Waals surface area contributed by atoms with Crippen LogP contribution in [0.2, 0.25) is 0 Å². The van der Waals surface area contributed by atoms with E-state index in [1.807, 2.05) is 191 Å². The van der Waals surface area contributed by atoms with Gasteiger partial charge in [-0.2, -0.15) is 45.5 Å². The second kappa shape index (κ2) is 29.1. The Labute approximate surface area is 386 Å². The number of benzene rings is 4. The summed E-state index contributed by atoms with van der Waals surface area (Å²) in [6, 6.07) is 31.5. The molecule has 2 aliphatic rings. The van der Waals surface area contributed by atoms with Gasteiger partial charge < -0.3 is 37.0 Å². The van der Waals surface area contributed by atoms with E-state index in [9.17, 15) is 0 Å². The van der Waals surface area contributed by atoms with Gasteiger partial charge in [-0.15, -0.1) is 0 Å². The molecular weight excluding hydrogens is 838 g/mol. The average Bonchev–Trinajstić information content (AvgIpc) is 3.15. The SMILES string of the molecule is CC1=Nc2ccccc2N=C(C)/C=C(/C)[N-]c2ccccc2[N-]/C(C)=C\1.CC1=Nc2ccccc2N=C(C)/C=C(/C)[N-]c2ccccc2[N-]/C(C)=C\1.CCOCC.[O-2].[O-2].[V+4].[V+4]. The summed E-state index contributed by atoms with van der Waals surface area (Å²) in [5.41, 5.74) is 13.8. The quantitative estimate of drug-likeness (QED) is 0.192. The van der Waals surface area contributed by atoms with Crippen molar-refractivity contribution >= 4 is 68.3 Å². The van der Waals surface area contributed by atoms with Crippen LogP contribution in [0.3, 0.4) is 0 Å². The number of rotatable bonds is 2. The number of hydrogen-bond acceptors (Lipinski definition) is 5. The molecule has 0 saturated carbocycles. The molecule has 2 radical (unpaired) electrons. The van der Waals surface area contributed by atoms with Gasteiger partial charge in [0.2, 0.25) is 0 Å². The first kappa shape index (κ1) is 55.8. The first-order chi connectivity index (χ1) is 27.4. The molecule has 4 aromatic carbocycles. The van der Waals surface area contributed by atoms with E-state index in [1.54, 1.807) is 0 Å². The van der Waals surface area contributed by atoms with Gasteiger partial charge in [0.15, 0.2) is 0 Å². The molecule has 0 bridgehead atoms. The minimum atomic E-state index is 0. The van der Waals surface area contributed by atoms with Crippen molar-refractivity contribution in [2.24, 2.45) is 20.0 Å². The summed E-state index contributed by atoms with van der Waals surface area (Å²) in [6.07, 6.45) is 7.88. The first-order valence-electron chi connectivity index (χ1n) is 19.2. The summed E-state index contributed by atoms with van der Waals surface area (Å²) < 4.78 is 4.83. The molecule has 0 amide bonds. The number of nitrogens with zero attached hydrogens (tertiary/aromatic N) is 8. The van der Waals surface area contributed by atoms with Gasteiger partial charge in [-0.05, 0) is 65.8 Å². The predicted molar refractivity (Wildman–Crippen MR) is 247 cm³/mol. The molecule has 61 heavy (non-hydrogen) atoms. The van der Waals surface area contributed by atoms with Crippen molar-refractivity contribution in [1.29, 1.82) is 0 Å². The summed E-state index contributed by atoms with van der Waals surface area (Å²) in [4.78, 5) is 18.9. The Balaban J connectivity index is 0.00000100. The van der Waals surface area contributed by atoms with E-state index < -0.39 is 0 Å². The smallest absolute Gasteiger partial charge is 2.00 e. The largest absolute Gasteiger partial charge is 4.00 e. The van der Waals surface area contributed by atoms with Crippen LogP contribution in [0, 0.1) is 0 Å². The van der Waals surface area contributed by atoms with Gasteiger partial charge in [-0.25, -0.2) is 0 Å². The minimum absolute atomic E-state index is 0. The molecule has 0 aliphatic carbocycles. The van der Waals surface area contributed by atoms with E-state index in [0.717, 1.165) is 104 Å². The van der Waals surface area contributed by atoms with Gasteiger partial charge in [0, 0.05) is 36.1 Å². The maximum atomic E-state index is 4.83. The van der Waals surface area contributed by atoms with Gasteiger partial charge in [-0.1, -0.05) is 125 Å². The molecule has 4 aromatic rings. The monoisotopic (exact) mass is 892 g/mol. The Morgan fingerprint density at radius 1 is 0.361 bits per heavy atom. The summed E-state index contributed by atoms with van der Waals surface area (Å²) >= 11 is 0. The van der Waals surface area contributed by atoms with Crippen molar-refractivity contribution in [1.82, 2.24) is 0 Å². The molecule has 0 spiro atoms. The molecular formula is C48H54N8O3V2. The first-order valence-corrected chi connectivity index (χ1v) is 19.2. The van der Waals surface area contributed by atoms with Gasteiger partial charge >= 0.3 is 37.1 Å². The molecule has 314 valence electrons. The third-order valence-corrected chi connectivity index (χ3v) is 7.98. The van der Waals surface area contributed by atoms with Crippen molar-refractivity contribution < 1.29 is 52.8 Å². The van der Waals surface area contributed by atoms with Gasteiger partial charge in [0.05, 0.1) is 22.7 Å². The molecule has 0 atom stereocenters. The Bertz CT molecular complexity index is 1950. The zero-order chi connectivity index (χ0) is 41.2. The number of para-hydroxylation sites is 8. The number of aliphatic imine (C=N–C) groups is 4. The second-order valence-corrected chi connectivity index (χ2v) is 13.3. The zero-order valence-corrected chi connectivity index (χ0v) is 39.5. The maximum Gasteiger partial charge on any atom is 4.00 e. The summed E-state index contributed by atoms with van der Waals surface area (Å²) in [7, 11) is 0. The fraction of sp³-hybridized carbons (Fsp3) is 0.250. The molecule has 0 fully saturated rings. The maximum absolute atomic E-state index is 4.83. The number of allylic oxidation sites excluding steroid dienone is 8. The van der Waals surface area contributed by atoms with Crippen LogP contribution in [0.5, 0.6) is 0 Å². The average molecular weight is 893 g/mol. The fourth-order valence-electron chi connectivity index (χ4n) is 5.80. The second-order valence-electron chi connectivity index (χ2n) is 13.3. The molecule has 13 heteroatoms. The van der Waals surface area contributed by atoms with Crippen molar-refractivity contribution in [3.8, 4) is 0 Å². The molecule has 11 nitrogen and oxygen atoms in total. The summed E-state index contributed by atoms with van der Waals surface area (Å²) in [6.45, 7) is 21.4. The van der Waals surface area contributed by atoms with Crippen molar-refractivity contribution in [3.63, 3.8) is 0 Å². The van der Waals surface area contributed by atoms with Crippen LogP contribution in [0.25, 0.3) is 21.3 Å². The van der Waals surface area contributed by atoms with Crippen LogP contribution in [-0.2, 0) is 52.8 Å². The summed E-state index contributed by atoms with van der Waals surface area (Å²) in [5.74, 6) is 0. The Kier molecular flexibility index (Phi) is 26.6. The van der Waals surface area contributed by atoms with Crippen molar-refractivity contribution in [3.05, 3.63) is 165 Å². The molecule has 0 unspecified atom stereocenters. The Hall–Kier alpha value is -5.23. The van der Waals surface area contributed by atoms with Crippen LogP contribution < -0.4 is 0 Å². The zero-order valence-electron chi connectivity index (χ0n) is 36.7. The molecule has 6 rings (SSSR count). The predicted octanol–water partition coefficient (Wildman–Crippen LogP) is 15.6. The van der Waals surface area contributed by atoms with E-state index in [0.29, 0.717) is 0 Å². The third-order valence-electron chi connectivity index (χ3n) is 7.98. The van der Waals surface area contributed by atoms with E-state index in [4.69, 9.17) is 46.0 Å². The van der Waals surface area contributed by atoms with Crippen LogP contribution in [0.1, 0.15) is 69.2 Å². The normalized spacial score (nSPS) is 16.8. The number of ether oxygens (including phenoxy) is 1. The van der Waals surface area contributed by atoms with E-state index in [1.165, 1.54) is 0 Å². The summed E-state index contributed by atoms with van der Waals surface area (Å²) in [5, 5.41) is 18.9. The molecule has 0 aromatic heterocycles. The van der Waals surface area contributed by atoms with Gasteiger partial charge in [0.25, 0.3) is 0 Å². The van der Waals surface area contributed by atoms with E-state index >= 15 is 0 Å². The standard InChI is InChI=1S/2C22H22N4.C4H10O.2O.2V/c2*1-15-13-16(2)24-21-11-7-8-12-22(21)26-18(4)14-17(3)25-20-10-6-5-9-19(20)23-15;1-3-5-4-2;;;;/h2*5-14H,1-4H3;3-4H2,1-2H3;;;;/q2*-2;;2*-2;2*+4/b2*15-13-,17-14-,24-16?,26-18?;;;;;. The van der Waals surface area contributed by atoms with Crippen molar-refractivity contribution in [2.75, 3.05) is 13.2 Å². The Morgan fingerprint density at radius 2 is 0.557 bits per heavy atom.